The van der Waals surface area contributed by atoms with Gasteiger partial charge in [-0.25, -0.2) is 19.9 Å². The van der Waals surface area contributed by atoms with Crippen LogP contribution in [0.5, 0.6) is 0 Å². The van der Waals surface area contributed by atoms with E-state index in [1.54, 1.807) is 12.4 Å². The molecule has 0 N–H and O–H groups in total. The lowest BCUT2D eigenvalue weighted by molar-refractivity contribution is 1.18. The second kappa shape index (κ2) is 12.4. The van der Waals surface area contributed by atoms with Crippen LogP contribution in [0.3, 0.4) is 0 Å². The molecule has 0 bridgehead atoms. The molecule has 52 heavy (non-hydrogen) atoms. The van der Waals surface area contributed by atoms with E-state index in [0.717, 1.165) is 66.8 Å². The van der Waals surface area contributed by atoms with Crippen LogP contribution in [0.15, 0.2) is 182 Å². The molecule has 7 aromatic carbocycles. The Morgan fingerprint density at radius 2 is 0.808 bits per heavy atom. The van der Waals surface area contributed by atoms with Gasteiger partial charge in [0.05, 0.1) is 22.4 Å². The lowest BCUT2D eigenvalue weighted by atomic mass is 9.86. The van der Waals surface area contributed by atoms with Crippen LogP contribution in [0, 0.1) is 0 Å². The number of benzene rings is 7. The number of nitrogens with zero attached hydrogens (tertiary/aromatic N) is 4. The van der Waals surface area contributed by atoms with Gasteiger partial charge >= 0.3 is 0 Å². The summed E-state index contributed by atoms with van der Waals surface area (Å²) in [7, 11) is 0. The van der Waals surface area contributed by atoms with Crippen molar-refractivity contribution in [3.05, 3.63) is 182 Å². The maximum atomic E-state index is 5.42. The molecule has 3 heterocycles. The van der Waals surface area contributed by atoms with Crippen molar-refractivity contribution >= 4 is 43.4 Å². The maximum Gasteiger partial charge on any atom is 0.159 e. The van der Waals surface area contributed by atoms with Crippen molar-refractivity contribution in [1.82, 2.24) is 19.9 Å². The summed E-state index contributed by atoms with van der Waals surface area (Å²) in [5, 5.41) is 6.85. The molecule has 3 aromatic heterocycles. The van der Waals surface area contributed by atoms with Crippen LogP contribution in [0.25, 0.3) is 99.5 Å². The van der Waals surface area contributed by atoms with E-state index >= 15 is 0 Å². The summed E-state index contributed by atoms with van der Waals surface area (Å²) in [6.45, 7) is 0. The van der Waals surface area contributed by atoms with Gasteiger partial charge in [-0.15, -0.1) is 0 Å². The van der Waals surface area contributed by atoms with Crippen molar-refractivity contribution in [3.8, 4) is 56.2 Å². The molecule has 0 aliphatic rings. The molecule has 10 rings (SSSR count). The van der Waals surface area contributed by atoms with E-state index in [2.05, 4.69) is 168 Å². The number of hydrogen-bond donors (Lipinski definition) is 0. The van der Waals surface area contributed by atoms with Crippen LogP contribution in [0.1, 0.15) is 0 Å². The minimum atomic E-state index is 0.725. The van der Waals surface area contributed by atoms with E-state index < -0.39 is 0 Å². The quantitative estimate of drug-likeness (QED) is 0.136. The molecule has 0 saturated carbocycles. The van der Waals surface area contributed by atoms with Crippen molar-refractivity contribution in [2.75, 3.05) is 0 Å². The first kappa shape index (κ1) is 29.8. The van der Waals surface area contributed by atoms with Crippen LogP contribution in [-0.2, 0) is 0 Å². The largest absolute Gasteiger partial charge is 0.245 e. The minimum absolute atomic E-state index is 0.725. The van der Waals surface area contributed by atoms with Gasteiger partial charge in [0.25, 0.3) is 0 Å². The second-order valence-corrected chi connectivity index (χ2v) is 13.0. The van der Waals surface area contributed by atoms with E-state index in [-0.39, 0.29) is 0 Å². The number of rotatable bonds is 5. The van der Waals surface area contributed by atoms with Gasteiger partial charge in [-0.3, -0.25) is 0 Å². The van der Waals surface area contributed by atoms with Crippen LogP contribution < -0.4 is 0 Å². The SMILES string of the molecule is c1ccc(-c2ccc3ccc4ccc(-c5c6ccccc6c(-c6cccc(-c7ccc(-c8ncccn8)cc7)c6)c6ccccc56)nc4c3n2)cc1. The zero-order chi connectivity index (χ0) is 34.4. The highest BCUT2D eigenvalue weighted by Crippen LogP contribution is 2.44. The number of aromatic nitrogens is 4. The molecule has 0 radical (unpaired) electrons. The average molecular weight is 663 g/mol. The van der Waals surface area contributed by atoms with Crippen LogP contribution in [-0.4, -0.2) is 19.9 Å². The molecule has 0 fully saturated rings. The molecule has 4 heteroatoms. The van der Waals surface area contributed by atoms with Gasteiger partial charge < -0.3 is 0 Å². The highest BCUT2D eigenvalue weighted by atomic mass is 14.8. The van der Waals surface area contributed by atoms with Crippen molar-refractivity contribution in [2.24, 2.45) is 0 Å². The third kappa shape index (κ3) is 5.09. The monoisotopic (exact) mass is 662 g/mol. The Bertz CT molecular complexity index is 2880. The van der Waals surface area contributed by atoms with Crippen LogP contribution in [0.2, 0.25) is 0 Å². The Labute approximate surface area is 300 Å². The Kier molecular flexibility index (Phi) is 7.10. The fourth-order valence-corrected chi connectivity index (χ4v) is 7.51. The minimum Gasteiger partial charge on any atom is -0.245 e. The van der Waals surface area contributed by atoms with Crippen LogP contribution in [0.4, 0.5) is 0 Å². The van der Waals surface area contributed by atoms with E-state index in [4.69, 9.17) is 9.97 Å². The molecule has 0 unspecified atom stereocenters. The summed E-state index contributed by atoms with van der Waals surface area (Å²) >= 11 is 0. The lowest BCUT2D eigenvalue weighted by Gasteiger charge is -2.18. The van der Waals surface area contributed by atoms with Crippen molar-refractivity contribution in [1.29, 1.82) is 0 Å². The number of pyridine rings is 2. The molecule has 0 atom stereocenters. The second-order valence-electron chi connectivity index (χ2n) is 13.0. The van der Waals surface area contributed by atoms with Gasteiger partial charge in [0.1, 0.15) is 0 Å². The zero-order valence-electron chi connectivity index (χ0n) is 28.1. The van der Waals surface area contributed by atoms with E-state index in [1.165, 1.54) is 32.7 Å². The van der Waals surface area contributed by atoms with Gasteiger partial charge in [-0.05, 0) is 68.1 Å². The van der Waals surface area contributed by atoms with Gasteiger partial charge in [0, 0.05) is 39.9 Å². The van der Waals surface area contributed by atoms with Gasteiger partial charge in [0.15, 0.2) is 5.82 Å². The lowest BCUT2D eigenvalue weighted by Crippen LogP contribution is -1.94. The average Bonchev–Trinajstić information content (AvgIpc) is 3.23. The molecule has 10 aromatic rings. The maximum absolute atomic E-state index is 5.42. The molecule has 4 nitrogen and oxygen atoms in total. The van der Waals surface area contributed by atoms with Gasteiger partial charge in [0.2, 0.25) is 0 Å². The Morgan fingerprint density at radius 3 is 1.46 bits per heavy atom. The molecule has 0 aliphatic heterocycles. The smallest absolute Gasteiger partial charge is 0.159 e. The predicted octanol–water partition coefficient (Wildman–Crippen LogP) is 12.2. The molecule has 0 aliphatic carbocycles. The van der Waals surface area contributed by atoms with Crippen molar-refractivity contribution in [2.45, 2.75) is 0 Å². The summed E-state index contributed by atoms with van der Waals surface area (Å²) < 4.78 is 0. The Hall–Kier alpha value is -7.04. The normalized spacial score (nSPS) is 11.5. The topological polar surface area (TPSA) is 51.6 Å². The highest BCUT2D eigenvalue weighted by Gasteiger charge is 2.18. The van der Waals surface area contributed by atoms with E-state index in [1.807, 2.05) is 12.1 Å². The summed E-state index contributed by atoms with van der Waals surface area (Å²) in [6.07, 6.45) is 3.55. The van der Waals surface area contributed by atoms with E-state index in [9.17, 15) is 0 Å². The third-order valence-corrected chi connectivity index (χ3v) is 9.97. The van der Waals surface area contributed by atoms with E-state index in [0.29, 0.717) is 0 Å². The Balaban J connectivity index is 1.15. The summed E-state index contributed by atoms with van der Waals surface area (Å²) in [5.41, 5.74) is 11.6. The standard InChI is InChI=1S/C48H30N4/c1-2-10-32(11-3-1)42-26-24-33-20-21-34-25-27-43(52-47(34)46(33)51-42)45-40-16-6-4-14-38(40)44(39-15-5-7-17-41(39)45)37-13-8-12-36(30-37)31-18-22-35(23-19-31)48-49-28-9-29-50-48/h1-30H. The molecule has 0 saturated heterocycles. The highest BCUT2D eigenvalue weighted by molar-refractivity contribution is 6.21. The zero-order valence-corrected chi connectivity index (χ0v) is 28.1. The first-order valence-electron chi connectivity index (χ1n) is 17.5. The molecule has 0 spiro atoms. The predicted molar refractivity (Wildman–Crippen MR) is 215 cm³/mol. The van der Waals surface area contributed by atoms with Gasteiger partial charge in [-0.2, -0.15) is 0 Å². The number of fused-ring (bicyclic) bond motifs is 5. The first-order chi connectivity index (χ1) is 25.8. The Morgan fingerprint density at radius 1 is 0.308 bits per heavy atom. The molecular weight excluding hydrogens is 633 g/mol. The molecule has 0 amide bonds. The van der Waals surface area contributed by atoms with Crippen molar-refractivity contribution < 1.29 is 0 Å². The third-order valence-electron chi connectivity index (χ3n) is 9.97. The molecular formula is C48H30N4. The number of hydrogen-bond acceptors (Lipinski definition) is 4. The summed E-state index contributed by atoms with van der Waals surface area (Å²) in [4.78, 5) is 19.4. The van der Waals surface area contributed by atoms with Crippen molar-refractivity contribution in [3.63, 3.8) is 0 Å². The summed E-state index contributed by atoms with van der Waals surface area (Å²) in [5.74, 6) is 0.725. The summed E-state index contributed by atoms with van der Waals surface area (Å²) in [6, 6.07) is 59.9. The first-order valence-corrected chi connectivity index (χ1v) is 17.5. The fourth-order valence-electron chi connectivity index (χ4n) is 7.51. The molecule has 242 valence electrons. The fraction of sp³-hybridized carbons (Fsp3) is 0. The van der Waals surface area contributed by atoms with Gasteiger partial charge in [-0.1, -0.05) is 146 Å². The van der Waals surface area contributed by atoms with Crippen LogP contribution >= 0.6 is 0 Å².